The van der Waals surface area contributed by atoms with Crippen molar-refractivity contribution in [3.05, 3.63) is 54.6 Å². The lowest BCUT2D eigenvalue weighted by Crippen LogP contribution is -2.42. The molecule has 3 N–H and O–H groups in total. The van der Waals surface area contributed by atoms with Gasteiger partial charge in [-0.1, -0.05) is 48.6 Å². The number of fused-ring (bicyclic) bond motifs is 1. The number of hydrogen-bond acceptors (Lipinski definition) is 3. The van der Waals surface area contributed by atoms with Crippen LogP contribution in [-0.2, 0) is 0 Å². The molecule has 0 radical (unpaired) electrons. The molecule has 0 spiro atoms. The third-order valence-corrected chi connectivity index (χ3v) is 4.12. The second-order valence-corrected chi connectivity index (χ2v) is 5.90. The lowest BCUT2D eigenvalue weighted by Gasteiger charge is -2.14. The summed E-state index contributed by atoms with van der Waals surface area (Å²) in [4.78, 5) is 11.8. The van der Waals surface area contributed by atoms with Gasteiger partial charge in [0.2, 0.25) is 0 Å². The Kier molecular flexibility index (Phi) is 5.33. The molecule has 0 unspecified atom stereocenters. The zero-order valence-corrected chi connectivity index (χ0v) is 13.4. The van der Waals surface area contributed by atoms with Gasteiger partial charge >= 0.3 is 6.03 Å². The SMILES string of the molecule is O=C(NCCOc1cccc2ccccc12)N[C@@H]1C=C[C@H](CO)C1. The molecule has 2 aromatic rings. The molecule has 2 aromatic carbocycles. The number of aliphatic hydroxyl groups is 1. The van der Waals surface area contributed by atoms with E-state index < -0.39 is 0 Å². The number of carbonyl (C=O) groups excluding carboxylic acids is 1. The highest BCUT2D eigenvalue weighted by Gasteiger charge is 2.19. The average molecular weight is 326 g/mol. The molecule has 0 saturated carbocycles. The zero-order chi connectivity index (χ0) is 16.8. The molecule has 0 bridgehead atoms. The molecule has 1 aliphatic rings. The third-order valence-electron chi connectivity index (χ3n) is 4.12. The molecule has 0 heterocycles. The molecule has 24 heavy (non-hydrogen) atoms. The molecule has 1 aliphatic carbocycles. The van der Waals surface area contributed by atoms with Crippen LogP contribution in [0.25, 0.3) is 10.8 Å². The Morgan fingerprint density at radius 3 is 2.83 bits per heavy atom. The van der Waals surface area contributed by atoms with Crippen molar-refractivity contribution in [3.8, 4) is 5.75 Å². The summed E-state index contributed by atoms with van der Waals surface area (Å²) in [6.45, 7) is 0.950. The summed E-state index contributed by atoms with van der Waals surface area (Å²) in [5.74, 6) is 0.963. The van der Waals surface area contributed by atoms with E-state index in [9.17, 15) is 4.79 Å². The Hall–Kier alpha value is -2.53. The van der Waals surface area contributed by atoms with Crippen LogP contribution in [0, 0.1) is 5.92 Å². The van der Waals surface area contributed by atoms with Crippen LogP contribution in [0.3, 0.4) is 0 Å². The van der Waals surface area contributed by atoms with Gasteiger partial charge in [0, 0.05) is 24.0 Å². The lowest BCUT2D eigenvalue weighted by atomic mass is 10.1. The smallest absolute Gasteiger partial charge is 0.315 e. The van der Waals surface area contributed by atoms with Crippen molar-refractivity contribution in [2.45, 2.75) is 12.5 Å². The van der Waals surface area contributed by atoms with Gasteiger partial charge in [0.05, 0.1) is 6.54 Å². The second kappa shape index (κ2) is 7.84. The van der Waals surface area contributed by atoms with Gasteiger partial charge in [-0.15, -0.1) is 0 Å². The van der Waals surface area contributed by atoms with E-state index in [-0.39, 0.29) is 24.6 Å². The Morgan fingerprint density at radius 2 is 2.00 bits per heavy atom. The summed E-state index contributed by atoms with van der Waals surface area (Å²) in [7, 11) is 0. The van der Waals surface area contributed by atoms with Gasteiger partial charge in [0.25, 0.3) is 0 Å². The number of rotatable bonds is 6. The quantitative estimate of drug-likeness (QED) is 0.564. The predicted molar refractivity (Wildman–Crippen MR) is 94.1 cm³/mol. The van der Waals surface area contributed by atoms with Gasteiger partial charge in [-0.05, 0) is 17.9 Å². The van der Waals surface area contributed by atoms with Gasteiger partial charge in [0.1, 0.15) is 12.4 Å². The molecule has 126 valence electrons. The maximum absolute atomic E-state index is 11.8. The van der Waals surface area contributed by atoms with Crippen LogP contribution in [0.5, 0.6) is 5.75 Å². The first kappa shape index (κ1) is 16.3. The molecule has 2 amide bonds. The van der Waals surface area contributed by atoms with Crippen molar-refractivity contribution in [2.24, 2.45) is 5.92 Å². The third kappa shape index (κ3) is 4.06. The van der Waals surface area contributed by atoms with E-state index in [0.29, 0.717) is 13.2 Å². The Bertz CT molecular complexity index is 724. The van der Waals surface area contributed by atoms with Crippen LogP contribution in [0.15, 0.2) is 54.6 Å². The van der Waals surface area contributed by atoms with E-state index >= 15 is 0 Å². The average Bonchev–Trinajstić information content (AvgIpc) is 3.06. The van der Waals surface area contributed by atoms with Crippen molar-refractivity contribution in [2.75, 3.05) is 19.8 Å². The Labute approximate surface area is 141 Å². The molecule has 5 nitrogen and oxygen atoms in total. The Balaban J connectivity index is 1.42. The first-order valence-electron chi connectivity index (χ1n) is 8.20. The Morgan fingerprint density at radius 1 is 1.17 bits per heavy atom. The van der Waals surface area contributed by atoms with Crippen LogP contribution in [-0.4, -0.2) is 36.9 Å². The molecule has 0 aromatic heterocycles. The van der Waals surface area contributed by atoms with Crippen molar-refractivity contribution < 1.29 is 14.6 Å². The summed E-state index contributed by atoms with van der Waals surface area (Å²) < 4.78 is 5.78. The molecule has 3 rings (SSSR count). The first-order chi connectivity index (χ1) is 11.8. The summed E-state index contributed by atoms with van der Waals surface area (Å²) in [6.07, 6.45) is 4.61. The predicted octanol–water partition coefficient (Wildman–Crippen LogP) is 2.45. The van der Waals surface area contributed by atoms with E-state index in [1.165, 1.54) is 0 Å². The number of aliphatic hydroxyl groups excluding tert-OH is 1. The van der Waals surface area contributed by atoms with Crippen LogP contribution in [0.1, 0.15) is 6.42 Å². The molecular formula is C19H22N2O3. The minimum absolute atomic E-state index is 0.0128. The molecule has 0 aliphatic heterocycles. The first-order valence-corrected chi connectivity index (χ1v) is 8.20. The number of carbonyl (C=O) groups is 1. The highest BCUT2D eigenvalue weighted by Crippen LogP contribution is 2.24. The van der Waals surface area contributed by atoms with Gasteiger partial charge in [-0.2, -0.15) is 0 Å². The number of nitrogens with one attached hydrogen (secondary N) is 2. The van der Waals surface area contributed by atoms with Crippen molar-refractivity contribution in [3.63, 3.8) is 0 Å². The van der Waals surface area contributed by atoms with Crippen LogP contribution >= 0.6 is 0 Å². The van der Waals surface area contributed by atoms with Crippen molar-refractivity contribution in [1.82, 2.24) is 10.6 Å². The monoisotopic (exact) mass is 326 g/mol. The van der Waals surface area contributed by atoms with Crippen LogP contribution < -0.4 is 15.4 Å². The van der Waals surface area contributed by atoms with E-state index in [1.54, 1.807) is 0 Å². The van der Waals surface area contributed by atoms with Gasteiger partial charge < -0.3 is 20.5 Å². The number of hydrogen-bond donors (Lipinski definition) is 3. The minimum atomic E-state index is -0.218. The van der Waals surface area contributed by atoms with Crippen LogP contribution in [0.2, 0.25) is 0 Å². The fourth-order valence-corrected chi connectivity index (χ4v) is 2.88. The fraction of sp³-hybridized carbons (Fsp3) is 0.316. The highest BCUT2D eigenvalue weighted by atomic mass is 16.5. The van der Waals surface area contributed by atoms with Gasteiger partial charge in [0.15, 0.2) is 0 Å². The second-order valence-electron chi connectivity index (χ2n) is 5.90. The zero-order valence-electron chi connectivity index (χ0n) is 13.4. The van der Waals surface area contributed by atoms with Gasteiger partial charge in [-0.25, -0.2) is 4.79 Å². The molecule has 0 saturated heterocycles. The highest BCUT2D eigenvalue weighted by molar-refractivity contribution is 5.88. The topological polar surface area (TPSA) is 70.6 Å². The number of ether oxygens (including phenoxy) is 1. The van der Waals surface area contributed by atoms with Crippen molar-refractivity contribution >= 4 is 16.8 Å². The van der Waals surface area contributed by atoms with Crippen LogP contribution in [0.4, 0.5) is 4.79 Å². The summed E-state index contributed by atoms with van der Waals surface area (Å²) >= 11 is 0. The standard InChI is InChI=1S/C19H22N2O3/c22-13-14-8-9-16(12-14)21-19(23)20-10-11-24-18-7-3-5-15-4-1-2-6-17(15)18/h1-9,14,16,22H,10-13H2,(H2,20,21,23)/t14-,16+/m0/s1. The minimum Gasteiger partial charge on any atom is -0.491 e. The van der Waals surface area contributed by atoms with E-state index in [2.05, 4.69) is 10.6 Å². The molecule has 0 fully saturated rings. The normalized spacial score (nSPS) is 19.4. The maximum atomic E-state index is 11.8. The number of amides is 2. The summed E-state index contributed by atoms with van der Waals surface area (Å²) in [5, 5.41) is 16.9. The fourth-order valence-electron chi connectivity index (χ4n) is 2.88. The molecule has 5 heteroatoms. The lowest BCUT2D eigenvalue weighted by molar-refractivity contribution is 0.228. The molecule has 2 atom stereocenters. The van der Waals surface area contributed by atoms with E-state index in [4.69, 9.17) is 9.84 Å². The van der Waals surface area contributed by atoms with Crippen molar-refractivity contribution in [1.29, 1.82) is 0 Å². The molecular weight excluding hydrogens is 304 g/mol. The van der Waals surface area contributed by atoms with E-state index in [0.717, 1.165) is 22.9 Å². The summed E-state index contributed by atoms with van der Waals surface area (Å²) in [6, 6.07) is 13.8. The number of benzene rings is 2. The maximum Gasteiger partial charge on any atom is 0.315 e. The summed E-state index contributed by atoms with van der Waals surface area (Å²) in [5.41, 5.74) is 0. The largest absolute Gasteiger partial charge is 0.491 e. The van der Waals surface area contributed by atoms with E-state index in [1.807, 2.05) is 54.6 Å². The van der Waals surface area contributed by atoms with Gasteiger partial charge in [-0.3, -0.25) is 0 Å². The number of urea groups is 1.